The fourth-order valence-corrected chi connectivity index (χ4v) is 6.47. The Bertz CT molecular complexity index is 1640. The molecule has 1 aromatic carbocycles. The number of aromatic amines is 1. The highest BCUT2D eigenvalue weighted by Crippen LogP contribution is 2.35. The van der Waals surface area contributed by atoms with Crippen LogP contribution in [0.2, 0.25) is 0 Å². The molecule has 1 aliphatic rings. The van der Waals surface area contributed by atoms with E-state index in [0.717, 1.165) is 22.0 Å². The Morgan fingerprint density at radius 2 is 1.94 bits per heavy atom. The van der Waals surface area contributed by atoms with Crippen LogP contribution in [0, 0.1) is 6.92 Å². The molecule has 1 N–H and O–H groups in total. The van der Waals surface area contributed by atoms with Crippen molar-refractivity contribution < 1.29 is 13.2 Å². The van der Waals surface area contributed by atoms with Crippen molar-refractivity contribution in [1.29, 1.82) is 0 Å². The number of rotatable bonds is 2. The smallest absolute Gasteiger partial charge is 0.256 e. The van der Waals surface area contributed by atoms with Crippen LogP contribution < -0.4 is 16.5 Å². The minimum Gasteiger partial charge on any atom is -0.333 e. The van der Waals surface area contributed by atoms with Crippen molar-refractivity contribution in [2.75, 3.05) is 12.8 Å². The van der Waals surface area contributed by atoms with E-state index >= 15 is 0 Å². The van der Waals surface area contributed by atoms with Gasteiger partial charge in [-0.2, -0.15) is 0 Å². The van der Waals surface area contributed by atoms with Gasteiger partial charge in [-0.3, -0.25) is 9.59 Å². The summed E-state index contributed by atoms with van der Waals surface area (Å²) in [5, 5.41) is 1.21. The summed E-state index contributed by atoms with van der Waals surface area (Å²) in [6, 6.07) is 8.76. The second-order valence-corrected chi connectivity index (χ2v) is 11.1. The average Bonchev–Trinajstić information content (AvgIpc) is 3.18. The summed E-state index contributed by atoms with van der Waals surface area (Å²) in [4.78, 5) is 30.6. The molecule has 0 saturated heterocycles. The van der Waals surface area contributed by atoms with Crippen LogP contribution in [0.5, 0.6) is 0 Å². The fraction of sp³-hybridized carbons (Fsp3) is 0.217. The van der Waals surface area contributed by atoms with Gasteiger partial charge in [-0.25, -0.2) is 8.42 Å². The molecule has 4 heterocycles. The van der Waals surface area contributed by atoms with Gasteiger partial charge in [0.15, 0.2) is 9.84 Å². The van der Waals surface area contributed by atoms with Gasteiger partial charge in [0, 0.05) is 41.6 Å². The fourth-order valence-electron chi connectivity index (χ4n) is 4.81. The lowest BCUT2D eigenvalue weighted by Crippen LogP contribution is -2.40. The number of hydrogen-bond donors (Lipinski definition) is 1. The number of aryl methyl sites for hydroxylation is 1. The zero-order valence-electron chi connectivity index (χ0n) is 19.0. The first-order valence-electron chi connectivity index (χ1n) is 10.8. The number of amides is 1. The lowest BCUT2D eigenvalue weighted by atomic mass is 9.86. The van der Waals surface area contributed by atoms with Gasteiger partial charge in [0.25, 0.3) is 11.5 Å². The molecule has 0 aliphatic carbocycles. The first-order chi connectivity index (χ1) is 15.6. The van der Waals surface area contributed by atoms with Crippen LogP contribution >= 0.6 is 0 Å². The van der Waals surface area contributed by atoms with E-state index in [9.17, 15) is 18.0 Å². The minimum absolute atomic E-state index is 0.192. The molecular weight excluding hydrogens is 436 g/mol. The highest BCUT2D eigenvalue weighted by Gasteiger charge is 2.37. The number of fused-ring (bicyclic) bond motifs is 4. The maximum Gasteiger partial charge on any atom is 0.256 e. The Labute approximate surface area is 193 Å². The number of nitrogens with one attached hydrogen (secondary N) is 1. The number of H-pyrrole nitrogens is 1. The van der Waals surface area contributed by atoms with E-state index in [-0.39, 0.29) is 23.0 Å². The van der Waals surface area contributed by atoms with Crippen molar-refractivity contribution >= 4 is 58.7 Å². The number of pyridine rings is 2. The van der Waals surface area contributed by atoms with Crippen molar-refractivity contribution in [3.8, 4) is 0 Å². The van der Waals surface area contributed by atoms with Gasteiger partial charge in [0.1, 0.15) is 15.7 Å². The zero-order valence-corrected chi connectivity index (χ0v) is 19.8. The predicted molar refractivity (Wildman–Crippen MR) is 135 cm³/mol. The third kappa shape index (κ3) is 3.49. The molecule has 33 heavy (non-hydrogen) atoms. The molecule has 166 valence electrons. The third-order valence-corrected chi connectivity index (χ3v) is 8.30. The second-order valence-electron chi connectivity index (χ2n) is 9.03. The molecule has 1 aliphatic heterocycles. The molecule has 1 atom stereocenters. The van der Waals surface area contributed by atoms with E-state index in [4.69, 9.17) is 0 Å². The van der Waals surface area contributed by atoms with Crippen LogP contribution in [0.25, 0.3) is 16.3 Å². The van der Waals surface area contributed by atoms with Gasteiger partial charge in [-0.15, -0.1) is 0 Å². The summed E-state index contributed by atoms with van der Waals surface area (Å²) in [5.41, 5.74) is 5.19. The summed E-state index contributed by atoms with van der Waals surface area (Å²) >= 11 is 0. The lowest BCUT2D eigenvalue weighted by molar-refractivity contribution is 0.0744. The molecule has 1 amide bonds. The molecule has 4 aromatic rings. The number of carbonyl (C=O) groups is 1. The second kappa shape index (κ2) is 7.38. The average molecular weight is 459 g/mol. The molecular formula is C23H23B2N3O4S. The number of sulfone groups is 1. The van der Waals surface area contributed by atoms with Crippen LogP contribution in [0.15, 0.2) is 47.5 Å². The summed E-state index contributed by atoms with van der Waals surface area (Å²) in [5.74, 6) is -0.703. The first kappa shape index (κ1) is 21.6. The quantitative estimate of drug-likeness (QED) is 0.404. The molecule has 0 spiro atoms. The summed E-state index contributed by atoms with van der Waals surface area (Å²) in [6.45, 7) is 1.94. The third-order valence-electron chi connectivity index (χ3n) is 6.75. The molecule has 0 radical (unpaired) electrons. The molecule has 10 heteroatoms. The van der Waals surface area contributed by atoms with E-state index in [1.165, 1.54) is 4.90 Å². The number of benzene rings is 1. The van der Waals surface area contributed by atoms with Gasteiger partial charge in [0.2, 0.25) is 0 Å². The zero-order chi connectivity index (χ0) is 23.7. The van der Waals surface area contributed by atoms with E-state index in [0.29, 0.717) is 27.6 Å². The molecule has 3 aromatic heterocycles. The lowest BCUT2D eigenvalue weighted by Gasteiger charge is -2.33. The minimum atomic E-state index is -3.51. The largest absolute Gasteiger partial charge is 0.333 e. The highest BCUT2D eigenvalue weighted by molar-refractivity contribution is 7.90. The summed E-state index contributed by atoms with van der Waals surface area (Å²) in [6.07, 6.45) is 3.64. The summed E-state index contributed by atoms with van der Waals surface area (Å²) in [7, 11) is 2.05. The summed E-state index contributed by atoms with van der Waals surface area (Å²) < 4.78 is 27.4. The van der Waals surface area contributed by atoms with Gasteiger partial charge in [-0.1, -0.05) is 28.6 Å². The molecule has 1 unspecified atom stereocenters. The monoisotopic (exact) mass is 459 g/mol. The van der Waals surface area contributed by atoms with Crippen LogP contribution in [0.1, 0.15) is 33.2 Å². The molecule has 0 bridgehead atoms. The maximum absolute atomic E-state index is 13.5. The molecule has 0 saturated carbocycles. The van der Waals surface area contributed by atoms with E-state index in [2.05, 4.69) is 4.98 Å². The van der Waals surface area contributed by atoms with Crippen LogP contribution in [0.4, 0.5) is 0 Å². The van der Waals surface area contributed by atoms with Gasteiger partial charge >= 0.3 is 0 Å². The molecule has 5 rings (SSSR count). The van der Waals surface area contributed by atoms with Crippen molar-refractivity contribution in [3.05, 3.63) is 75.5 Å². The molecule has 7 nitrogen and oxygen atoms in total. The Kier molecular flexibility index (Phi) is 4.83. The van der Waals surface area contributed by atoms with Crippen molar-refractivity contribution in [3.63, 3.8) is 0 Å². The van der Waals surface area contributed by atoms with E-state index in [1.807, 2.05) is 63.5 Å². The normalized spacial score (nSPS) is 17.2. The van der Waals surface area contributed by atoms with Gasteiger partial charge in [-0.05, 0) is 30.5 Å². The van der Waals surface area contributed by atoms with Gasteiger partial charge in [0.05, 0.1) is 23.1 Å². The Morgan fingerprint density at radius 3 is 2.67 bits per heavy atom. The number of nitrogens with zero attached hydrogens (tertiary/aromatic N) is 2. The number of aromatic nitrogens is 2. The number of carbonyl (C=O) groups excluding carboxylic acids is 1. The first-order valence-corrected chi connectivity index (χ1v) is 12.6. The van der Waals surface area contributed by atoms with Crippen LogP contribution in [0.3, 0.4) is 0 Å². The van der Waals surface area contributed by atoms with Crippen molar-refractivity contribution in [2.45, 2.75) is 18.7 Å². The Morgan fingerprint density at radius 1 is 1.18 bits per heavy atom. The topological polar surface area (TPSA) is 91.7 Å². The Hall–Kier alpha value is -3.26. The SMILES string of the molecule is Bc1cc2c3c([nH]c(=O)c2cc1C)CS(=O)(=O)CC3N(C)C(=O)c1cc2c(B)cccn2c1. The van der Waals surface area contributed by atoms with E-state index in [1.54, 1.807) is 13.2 Å². The van der Waals surface area contributed by atoms with Crippen LogP contribution in [-0.2, 0) is 15.6 Å². The van der Waals surface area contributed by atoms with Gasteiger partial charge < -0.3 is 14.3 Å². The highest BCUT2D eigenvalue weighted by atomic mass is 32.2. The Balaban J connectivity index is 1.69. The van der Waals surface area contributed by atoms with Crippen LogP contribution in [-0.4, -0.2) is 57.1 Å². The standard InChI is InChI=1S/C23H23B2N3O4S/c1-12-6-15-14(8-17(12)25)21-18(26-22(15)29)10-33(31,32)11-20(21)27(2)23(30)13-7-19-16(24)4-3-5-28(19)9-13/h3-9,20H,10-11,24-25H2,1-2H3,(H,26,29). The maximum atomic E-state index is 13.5. The van der Waals surface area contributed by atoms with Crippen molar-refractivity contribution in [1.82, 2.24) is 14.3 Å². The molecule has 0 fully saturated rings. The van der Waals surface area contributed by atoms with Crippen molar-refractivity contribution in [2.24, 2.45) is 0 Å². The van der Waals surface area contributed by atoms with E-state index < -0.39 is 15.9 Å². The number of hydrogen-bond acceptors (Lipinski definition) is 4. The predicted octanol–water partition coefficient (Wildman–Crippen LogP) is -0.652.